The van der Waals surface area contributed by atoms with Crippen LogP contribution in [0.15, 0.2) is 230 Å². The molecule has 42 heteroatoms. The summed E-state index contributed by atoms with van der Waals surface area (Å²) in [6.07, 6.45) is 8.42. The lowest BCUT2D eigenvalue weighted by Gasteiger charge is -2.34. The lowest BCUT2D eigenvalue weighted by Crippen LogP contribution is -2.41. The van der Waals surface area contributed by atoms with Crippen molar-refractivity contribution in [2.45, 2.75) is 217 Å². The maximum absolute atomic E-state index is 14.5. The number of ether oxygens (including phenoxy) is 3. The van der Waals surface area contributed by atoms with E-state index in [2.05, 4.69) is 139 Å². The average molecular weight is 2150 g/mol. The number of aryl methyl sites for hydroxylation is 1. The molecule has 0 radical (unpaired) electrons. The topological polar surface area (TPSA) is 502 Å². The van der Waals surface area contributed by atoms with Crippen LogP contribution in [0.4, 0.5) is 39.3 Å². The van der Waals surface area contributed by atoms with Gasteiger partial charge in [-0.3, -0.25) is 24.0 Å². The van der Waals surface area contributed by atoms with Gasteiger partial charge in [0.1, 0.15) is 52.2 Å². The molecule has 0 saturated carbocycles. The Kier molecular flexibility index (Phi) is 34.4. The number of halogens is 2. The number of nitrogen functional groups attached to an aromatic ring is 2. The molecular weight excluding hydrogens is 2030 g/mol. The van der Waals surface area contributed by atoms with Gasteiger partial charge in [0.2, 0.25) is 11.8 Å². The van der Waals surface area contributed by atoms with Crippen molar-refractivity contribution in [3.8, 4) is 68.4 Å². The summed E-state index contributed by atoms with van der Waals surface area (Å²) in [5.41, 5.74) is 16.3. The quantitative estimate of drug-likeness (QED) is 0.0226. The number of phenolic OH excluding ortho intramolecular Hbond substituents is 1. The normalized spacial score (nSPS) is 17.5. The summed E-state index contributed by atoms with van der Waals surface area (Å²) in [6, 6.07) is 49.0. The van der Waals surface area contributed by atoms with Gasteiger partial charge in [-0.25, -0.2) is 80.0 Å². The summed E-state index contributed by atoms with van der Waals surface area (Å²) < 4.78 is 143. The van der Waals surface area contributed by atoms with Crippen LogP contribution >= 0.6 is 15.9 Å². The third kappa shape index (κ3) is 27.2. The van der Waals surface area contributed by atoms with E-state index in [4.69, 9.17) is 45.6 Å². The van der Waals surface area contributed by atoms with Crippen LogP contribution in [0.25, 0.3) is 45.2 Å². The van der Waals surface area contributed by atoms with Crippen molar-refractivity contribution in [1.29, 1.82) is 0 Å². The Hall–Kier alpha value is -14.1. The first-order valence-electron chi connectivity index (χ1n) is 48.0. The number of pyridine rings is 9. The number of carbonyl (C=O) groups excluding carboxylic acids is 4. The molecule has 36 nitrogen and oxygen atoms in total. The van der Waals surface area contributed by atoms with Crippen LogP contribution in [0.5, 0.6) is 23.3 Å². The molecule has 10 N–H and O–H groups in total. The molecular formula is C105H123BrFN19O17S4. The molecule has 9 aromatic heterocycles. The molecule has 4 saturated heterocycles. The van der Waals surface area contributed by atoms with Crippen molar-refractivity contribution >= 4 is 115 Å². The third-order valence-electron chi connectivity index (χ3n) is 24.8. The van der Waals surface area contributed by atoms with E-state index in [0.717, 1.165) is 61.8 Å². The van der Waals surface area contributed by atoms with E-state index in [9.17, 15) is 67.1 Å². The van der Waals surface area contributed by atoms with Crippen molar-refractivity contribution in [3.63, 3.8) is 0 Å². The van der Waals surface area contributed by atoms with Crippen LogP contribution in [0.3, 0.4) is 0 Å². The highest BCUT2D eigenvalue weighted by molar-refractivity contribution is 9.10. The minimum absolute atomic E-state index is 0.00967. The molecule has 778 valence electrons. The number of nitrogens with two attached hydrogens (primary N) is 2. The van der Waals surface area contributed by atoms with Crippen LogP contribution in [0, 0.1) is 36.4 Å². The predicted octanol–water partition coefficient (Wildman–Crippen LogP) is 16.7. The number of hydrogen-bond acceptors (Lipinski definition) is 31. The minimum Gasteiger partial charge on any atom is -0.508 e. The average Bonchev–Trinajstić information content (AvgIpc) is 1.64. The summed E-state index contributed by atoms with van der Waals surface area (Å²) in [5, 5.41) is 9.02. The molecule has 12 aromatic rings. The van der Waals surface area contributed by atoms with E-state index in [-0.39, 0.29) is 102 Å². The summed E-state index contributed by atoms with van der Waals surface area (Å²) >= 11 is 3.52. The largest absolute Gasteiger partial charge is 0.508 e. The molecule has 0 spiro atoms. The standard InChI is InChI=1S/C29H34FN3O5S.C27H34N6O4S.C25H29BrN6O4S.C24H26N4O4S/c1-18(2)17-38-23-12-20(11-21(30)13-23)26-10-9-25(27(31-26)33-16-19(3)15-29(33,4)5)28(35)32-39(36,37)24-8-6-7-22(34)14-24;1-17(2)16-37-23-10-6-8-20(29-23)21-13-12-19(25(30-21)33-15-18(3)14-27(33,4)5)26(34)32-38(35,36)24-11-7-9-22(28)31-24;1-14(2)36-21-11-10-17(13-28-21)23-19(26)12-18(24(30-23)32-15(3)8-9-16(32)4)25(33)31-37(34,35)22-7-5-6-20(27)29-22;1-15-6-10-18(11-7-15)20-13-12-19(22(26-20)28-16(2)8-9-17(28)3)23(29)27-33(31,32)21-5-4-14-25-24(21)30/h6-14,18-19,34H,15-17H2,1-5H3,(H,32,35);6-13,17-18H,14-16H2,1-5H3,(H2,28,31)(H,32,34);5-7,10-16H,8-9H2,1-4H3,(H2,27,29)(H,31,33);4-7,10-14,16-17H,8-9H2,1-3H3,(H,25,30)(H,27,29)/t;;15-,16+;16-,17+. The number of aromatic amines is 1. The van der Waals surface area contributed by atoms with Crippen molar-refractivity contribution in [2.75, 3.05) is 57.4 Å². The molecule has 0 bridgehead atoms. The maximum atomic E-state index is 14.5. The zero-order valence-electron chi connectivity index (χ0n) is 84.7. The predicted molar refractivity (Wildman–Crippen MR) is 566 cm³/mol. The van der Waals surface area contributed by atoms with E-state index in [1.807, 2.05) is 101 Å². The zero-order valence-corrected chi connectivity index (χ0v) is 89.6. The molecule has 4 fully saturated rings. The van der Waals surface area contributed by atoms with Gasteiger partial charge in [0.05, 0.1) is 74.9 Å². The number of amides is 4. The van der Waals surface area contributed by atoms with Crippen molar-refractivity contribution < 1.29 is 76.6 Å². The number of anilines is 6. The van der Waals surface area contributed by atoms with Crippen molar-refractivity contribution in [3.05, 3.63) is 249 Å². The van der Waals surface area contributed by atoms with Crippen molar-refractivity contribution in [2.24, 2.45) is 23.7 Å². The molecule has 13 heterocycles. The minimum atomic E-state index is -4.36. The van der Waals surface area contributed by atoms with Gasteiger partial charge in [-0.05, 0) is 270 Å². The van der Waals surface area contributed by atoms with Crippen molar-refractivity contribution in [1.82, 2.24) is 63.7 Å². The van der Waals surface area contributed by atoms with Gasteiger partial charge in [0.15, 0.2) is 14.9 Å². The number of nitrogens with zero attached hydrogens (tertiary/aromatic N) is 12. The molecule has 16 rings (SSSR count). The van der Waals surface area contributed by atoms with Gasteiger partial charge in [-0.1, -0.05) is 95.6 Å². The lowest BCUT2D eigenvalue weighted by molar-refractivity contribution is 0.0972. The fourth-order valence-corrected chi connectivity index (χ4v) is 22.5. The molecule has 4 aliphatic heterocycles. The van der Waals surface area contributed by atoms with Crippen LogP contribution in [-0.2, 0) is 40.1 Å². The highest BCUT2D eigenvalue weighted by atomic mass is 79.9. The Morgan fingerprint density at radius 1 is 0.483 bits per heavy atom. The van der Waals surface area contributed by atoms with Gasteiger partial charge in [-0.15, -0.1) is 0 Å². The highest BCUT2D eigenvalue weighted by Gasteiger charge is 2.43. The van der Waals surface area contributed by atoms with Crippen LogP contribution < -0.4 is 69.7 Å². The maximum Gasteiger partial charge on any atom is 0.281 e. The molecule has 4 aliphatic rings. The number of nitrogens with one attached hydrogen (secondary N) is 5. The molecule has 147 heavy (non-hydrogen) atoms. The number of hydrogen-bond donors (Lipinski definition) is 8. The Morgan fingerprint density at radius 3 is 1.44 bits per heavy atom. The van der Waals surface area contributed by atoms with Crippen LogP contribution in [0.1, 0.15) is 196 Å². The van der Waals surface area contributed by atoms with Crippen LogP contribution in [0.2, 0.25) is 0 Å². The SMILES string of the molecule is CC(C)COc1cc(F)cc(-c2ccc(C(=O)NS(=O)(=O)c3cccc(O)c3)c(N3CC(C)CC3(C)C)n2)c1.CC(C)COc1cccc(-c2ccc(C(=O)NS(=O)(=O)c3cccc(N)n3)c(N3CC(C)CC3(C)C)n2)n1.CC(C)Oc1ccc(-c2nc(N3[C@H](C)CC[C@@H]3C)c(C(=O)NS(=O)(=O)c3cccc(N)n3)cc2Br)cn1.Cc1ccc(-c2ccc(C(=O)NS(=O)(=O)c3ccc[nH]c3=O)c(N3[C@H](C)CC[C@@H]3C)n2)cc1. The summed E-state index contributed by atoms with van der Waals surface area (Å²) in [4.78, 5) is 111. The Morgan fingerprint density at radius 2 is 0.946 bits per heavy atom. The number of phenols is 1. The Balaban J connectivity index is 0.000000164. The second-order valence-corrected chi connectivity index (χ2v) is 46.9. The summed E-state index contributed by atoms with van der Waals surface area (Å²) in [6.45, 7) is 36.9. The molecule has 6 atom stereocenters. The van der Waals surface area contributed by atoms with E-state index >= 15 is 0 Å². The van der Waals surface area contributed by atoms with E-state index in [0.29, 0.717) is 129 Å². The zero-order chi connectivity index (χ0) is 107. The monoisotopic (exact) mass is 2150 g/mol. The van der Waals surface area contributed by atoms with E-state index in [1.54, 1.807) is 60.8 Å². The van der Waals surface area contributed by atoms with Gasteiger partial charge >= 0.3 is 0 Å². The van der Waals surface area contributed by atoms with Gasteiger partial charge in [-0.2, -0.15) is 16.8 Å². The van der Waals surface area contributed by atoms with E-state index in [1.165, 1.54) is 85.1 Å². The number of rotatable bonds is 28. The molecule has 2 unspecified atom stereocenters. The number of sulfonamides is 4. The number of aromatic hydroxyl groups is 1. The van der Waals surface area contributed by atoms with Gasteiger partial charge in [0, 0.05) is 106 Å². The smallest absolute Gasteiger partial charge is 0.281 e. The van der Waals surface area contributed by atoms with E-state index < -0.39 is 80.0 Å². The third-order valence-corrected chi connectivity index (χ3v) is 30.5. The molecule has 4 amide bonds. The highest BCUT2D eigenvalue weighted by Crippen LogP contribution is 2.44. The number of benzene rings is 3. The first-order chi connectivity index (χ1) is 69.2. The van der Waals surface area contributed by atoms with Gasteiger partial charge < -0.3 is 55.4 Å². The Labute approximate surface area is 864 Å². The molecule has 0 aliphatic carbocycles. The first-order valence-corrected chi connectivity index (χ1v) is 54.8. The summed E-state index contributed by atoms with van der Waals surface area (Å²) in [5.74, 6) is 0.176. The number of aromatic nitrogens is 9. The number of H-pyrrole nitrogens is 1. The van der Waals surface area contributed by atoms with Gasteiger partial charge in [0.25, 0.3) is 69.3 Å². The lowest BCUT2D eigenvalue weighted by atomic mass is 9.97. The molecule has 3 aromatic carbocycles. The summed E-state index contributed by atoms with van der Waals surface area (Å²) in [7, 11) is -17.2. The van der Waals surface area contributed by atoms with Crippen LogP contribution in [-0.4, -0.2) is 175 Å². The fraction of sp³-hybridized carbons (Fsp3) is 0.362. The Bertz CT molecular complexity index is 7420. The fourth-order valence-electron chi connectivity index (χ4n) is 18.0. The second kappa shape index (κ2) is 45.9. The second-order valence-electron chi connectivity index (χ2n) is 39.5. The number of carbonyl (C=O) groups is 4. The first kappa shape index (κ1) is 110.